The number of aromatic amines is 1. The molecule has 0 bridgehead atoms. The molecule has 2 aromatic rings. The third-order valence-electron chi connectivity index (χ3n) is 2.85. The number of hydrogen-bond acceptors (Lipinski definition) is 4. The molecule has 0 saturated carbocycles. The number of ether oxygens (including phenoxy) is 1. The van der Waals surface area contributed by atoms with Crippen molar-refractivity contribution in [3.05, 3.63) is 52.3 Å². The van der Waals surface area contributed by atoms with E-state index in [9.17, 15) is 9.18 Å². The van der Waals surface area contributed by atoms with E-state index in [1.54, 1.807) is 12.1 Å². The minimum Gasteiger partial charge on any atom is -0.489 e. The Labute approximate surface area is 115 Å². The number of methoxy groups -OCH3 is 1. The second-order valence-electron chi connectivity index (χ2n) is 4.49. The SMILES string of the molecule is COc1c(NC(C)Cc2ccc(F)cc2)nc[nH]c1=O. The third-order valence-corrected chi connectivity index (χ3v) is 2.85. The van der Waals surface area contributed by atoms with E-state index in [-0.39, 0.29) is 23.2 Å². The number of H-pyrrole nitrogens is 1. The summed E-state index contributed by atoms with van der Waals surface area (Å²) in [6.45, 7) is 1.95. The highest BCUT2D eigenvalue weighted by Crippen LogP contribution is 2.16. The van der Waals surface area contributed by atoms with Crippen LogP contribution in [0.5, 0.6) is 5.75 Å². The lowest BCUT2D eigenvalue weighted by Gasteiger charge is -2.16. The summed E-state index contributed by atoms with van der Waals surface area (Å²) in [4.78, 5) is 18.0. The summed E-state index contributed by atoms with van der Waals surface area (Å²) in [7, 11) is 1.42. The number of halogens is 1. The van der Waals surface area contributed by atoms with Crippen LogP contribution >= 0.6 is 0 Å². The van der Waals surface area contributed by atoms with E-state index in [1.165, 1.54) is 25.6 Å². The molecule has 106 valence electrons. The number of aromatic nitrogens is 2. The molecular weight excluding hydrogens is 261 g/mol. The Morgan fingerprint density at radius 1 is 1.40 bits per heavy atom. The lowest BCUT2D eigenvalue weighted by molar-refractivity contribution is 0.407. The first kappa shape index (κ1) is 14.0. The molecule has 0 amide bonds. The molecule has 0 aliphatic heterocycles. The number of anilines is 1. The molecular formula is C14H16FN3O2. The first-order valence-corrected chi connectivity index (χ1v) is 6.23. The quantitative estimate of drug-likeness (QED) is 0.876. The van der Waals surface area contributed by atoms with Gasteiger partial charge in [0.15, 0.2) is 5.82 Å². The molecule has 0 saturated heterocycles. The van der Waals surface area contributed by atoms with Gasteiger partial charge in [-0.05, 0) is 31.0 Å². The van der Waals surface area contributed by atoms with Crippen LogP contribution in [0, 0.1) is 5.82 Å². The van der Waals surface area contributed by atoms with Crippen molar-refractivity contribution in [2.45, 2.75) is 19.4 Å². The van der Waals surface area contributed by atoms with Gasteiger partial charge in [-0.2, -0.15) is 0 Å². The second kappa shape index (κ2) is 6.18. The van der Waals surface area contributed by atoms with Gasteiger partial charge >= 0.3 is 0 Å². The molecule has 1 aromatic carbocycles. The Morgan fingerprint density at radius 2 is 2.10 bits per heavy atom. The molecule has 2 rings (SSSR count). The summed E-state index contributed by atoms with van der Waals surface area (Å²) in [5.41, 5.74) is 0.661. The van der Waals surface area contributed by atoms with Crippen LogP contribution in [0.2, 0.25) is 0 Å². The van der Waals surface area contributed by atoms with Crippen LogP contribution in [0.25, 0.3) is 0 Å². The fourth-order valence-corrected chi connectivity index (χ4v) is 1.94. The topological polar surface area (TPSA) is 67.0 Å². The number of hydrogen-bond donors (Lipinski definition) is 2. The molecule has 0 aliphatic carbocycles. The number of nitrogens with zero attached hydrogens (tertiary/aromatic N) is 1. The molecule has 0 spiro atoms. The minimum absolute atomic E-state index is 0.0173. The van der Waals surface area contributed by atoms with E-state index in [4.69, 9.17) is 4.74 Å². The Balaban J connectivity index is 2.08. The molecule has 1 unspecified atom stereocenters. The molecule has 0 radical (unpaired) electrons. The minimum atomic E-state index is -0.334. The average molecular weight is 277 g/mol. The molecule has 1 aromatic heterocycles. The predicted molar refractivity (Wildman–Crippen MR) is 74.6 cm³/mol. The van der Waals surface area contributed by atoms with Crippen LogP contribution in [-0.2, 0) is 6.42 Å². The second-order valence-corrected chi connectivity index (χ2v) is 4.49. The van der Waals surface area contributed by atoms with E-state index < -0.39 is 0 Å². The number of rotatable bonds is 5. The monoisotopic (exact) mass is 277 g/mol. The Morgan fingerprint density at radius 3 is 2.75 bits per heavy atom. The fourth-order valence-electron chi connectivity index (χ4n) is 1.94. The molecule has 0 aliphatic rings. The van der Waals surface area contributed by atoms with Crippen LogP contribution in [0.3, 0.4) is 0 Å². The molecule has 2 N–H and O–H groups in total. The van der Waals surface area contributed by atoms with E-state index in [2.05, 4.69) is 15.3 Å². The summed E-state index contributed by atoms with van der Waals surface area (Å²) in [5.74, 6) is 0.289. The number of nitrogens with one attached hydrogen (secondary N) is 2. The van der Waals surface area contributed by atoms with Crippen molar-refractivity contribution in [1.29, 1.82) is 0 Å². The first-order valence-electron chi connectivity index (χ1n) is 6.23. The first-order chi connectivity index (χ1) is 9.60. The number of benzene rings is 1. The summed E-state index contributed by atoms with van der Waals surface area (Å²) in [6.07, 6.45) is 2.00. The Bertz CT molecular complexity index is 625. The normalized spacial score (nSPS) is 11.9. The molecule has 0 fully saturated rings. The molecule has 20 heavy (non-hydrogen) atoms. The maximum Gasteiger partial charge on any atom is 0.295 e. The van der Waals surface area contributed by atoms with Crippen molar-refractivity contribution in [3.63, 3.8) is 0 Å². The predicted octanol–water partition coefficient (Wildman–Crippen LogP) is 1.96. The highest BCUT2D eigenvalue weighted by Gasteiger charge is 2.12. The zero-order valence-electron chi connectivity index (χ0n) is 11.3. The van der Waals surface area contributed by atoms with Gasteiger partial charge in [0, 0.05) is 6.04 Å². The van der Waals surface area contributed by atoms with E-state index in [1.807, 2.05) is 6.92 Å². The zero-order valence-corrected chi connectivity index (χ0v) is 11.3. The maximum atomic E-state index is 12.8. The van der Waals surface area contributed by atoms with Gasteiger partial charge in [0.2, 0.25) is 5.75 Å². The van der Waals surface area contributed by atoms with Gasteiger partial charge in [0.05, 0.1) is 13.4 Å². The smallest absolute Gasteiger partial charge is 0.295 e. The summed E-state index contributed by atoms with van der Waals surface area (Å²) in [6, 6.07) is 6.33. The lowest BCUT2D eigenvalue weighted by atomic mass is 10.1. The van der Waals surface area contributed by atoms with Gasteiger partial charge in [0.1, 0.15) is 5.82 Å². The highest BCUT2D eigenvalue weighted by atomic mass is 19.1. The standard InChI is InChI=1S/C14H16FN3O2/c1-9(7-10-3-5-11(15)6-4-10)18-13-12(20-2)14(19)17-8-16-13/h3-6,8-9H,7H2,1-2H3,(H2,16,17,18,19). The van der Waals surface area contributed by atoms with E-state index in [0.29, 0.717) is 12.2 Å². The molecule has 1 atom stereocenters. The van der Waals surface area contributed by atoms with E-state index in [0.717, 1.165) is 5.56 Å². The van der Waals surface area contributed by atoms with Crippen LogP contribution in [0.1, 0.15) is 12.5 Å². The summed E-state index contributed by atoms with van der Waals surface area (Å²) >= 11 is 0. The van der Waals surface area contributed by atoms with Gasteiger partial charge in [-0.15, -0.1) is 0 Å². The average Bonchev–Trinajstić information content (AvgIpc) is 2.42. The summed E-state index contributed by atoms with van der Waals surface area (Å²) in [5, 5.41) is 3.12. The zero-order chi connectivity index (χ0) is 14.5. The Kier molecular flexibility index (Phi) is 4.34. The molecule has 5 nitrogen and oxygen atoms in total. The fraction of sp³-hybridized carbons (Fsp3) is 0.286. The van der Waals surface area contributed by atoms with Crippen LogP contribution < -0.4 is 15.6 Å². The van der Waals surface area contributed by atoms with Gasteiger partial charge in [0.25, 0.3) is 5.56 Å². The van der Waals surface area contributed by atoms with Gasteiger partial charge in [-0.3, -0.25) is 4.79 Å². The van der Waals surface area contributed by atoms with Crippen LogP contribution in [0.4, 0.5) is 10.2 Å². The van der Waals surface area contributed by atoms with Crippen LogP contribution in [-0.4, -0.2) is 23.1 Å². The maximum absolute atomic E-state index is 12.8. The van der Waals surface area contributed by atoms with Gasteiger partial charge in [-0.25, -0.2) is 9.37 Å². The third kappa shape index (κ3) is 3.34. The van der Waals surface area contributed by atoms with Crippen molar-refractivity contribution < 1.29 is 9.13 Å². The lowest BCUT2D eigenvalue weighted by Crippen LogP contribution is -2.22. The Hall–Kier alpha value is -2.37. The van der Waals surface area contributed by atoms with Crippen molar-refractivity contribution >= 4 is 5.82 Å². The van der Waals surface area contributed by atoms with Crippen LogP contribution in [0.15, 0.2) is 35.4 Å². The van der Waals surface area contributed by atoms with Crippen molar-refractivity contribution in [3.8, 4) is 5.75 Å². The van der Waals surface area contributed by atoms with E-state index >= 15 is 0 Å². The van der Waals surface area contributed by atoms with Crippen molar-refractivity contribution in [2.24, 2.45) is 0 Å². The molecule has 6 heteroatoms. The molecule has 1 heterocycles. The largest absolute Gasteiger partial charge is 0.489 e. The van der Waals surface area contributed by atoms with Gasteiger partial charge in [-0.1, -0.05) is 12.1 Å². The highest BCUT2D eigenvalue weighted by molar-refractivity contribution is 5.48. The van der Waals surface area contributed by atoms with Crippen molar-refractivity contribution in [2.75, 3.05) is 12.4 Å². The summed E-state index contributed by atoms with van der Waals surface area (Å²) < 4.78 is 17.9. The van der Waals surface area contributed by atoms with Crippen molar-refractivity contribution in [1.82, 2.24) is 9.97 Å². The van der Waals surface area contributed by atoms with Gasteiger partial charge < -0.3 is 15.0 Å².